The van der Waals surface area contributed by atoms with E-state index in [2.05, 4.69) is 19.4 Å². The summed E-state index contributed by atoms with van der Waals surface area (Å²) in [7, 11) is 0. The van der Waals surface area contributed by atoms with Crippen LogP contribution in [0.4, 0.5) is 0 Å². The van der Waals surface area contributed by atoms with Gasteiger partial charge < -0.3 is 25.5 Å². The minimum absolute atomic E-state index is 1.21. The fourth-order valence-corrected chi connectivity index (χ4v) is 0.822. The third-order valence-electron chi connectivity index (χ3n) is 1.85. The van der Waals surface area contributed by atoms with Crippen LogP contribution >= 0.6 is 0 Å². The van der Waals surface area contributed by atoms with Crippen molar-refractivity contribution >= 4 is 0 Å². The molecule has 0 saturated carbocycles. The SMILES string of the molecule is OCC(O)C(O)(OO)OC(OO)(OO)C(O)CO. The maximum absolute atomic E-state index is 9.35. The lowest BCUT2D eigenvalue weighted by Gasteiger charge is -2.37. The quantitative estimate of drug-likeness (QED) is 0.118. The number of aliphatic hydroxyl groups is 5. The fourth-order valence-electron chi connectivity index (χ4n) is 0.822. The molecule has 3 atom stereocenters. The molecule has 0 rings (SSSR count). The number of hydrogen-bond donors (Lipinski definition) is 8. The van der Waals surface area contributed by atoms with Gasteiger partial charge in [0.05, 0.1) is 13.2 Å². The molecule has 0 heterocycles. The van der Waals surface area contributed by atoms with Crippen LogP contribution in [-0.2, 0) is 19.4 Å². The molecular weight excluding hydrogens is 264 g/mol. The van der Waals surface area contributed by atoms with Crippen LogP contribution in [0.5, 0.6) is 0 Å². The average Bonchev–Trinajstić information content (AvgIpc) is 2.42. The van der Waals surface area contributed by atoms with Crippen molar-refractivity contribution in [2.75, 3.05) is 13.2 Å². The van der Waals surface area contributed by atoms with Crippen LogP contribution in [0.3, 0.4) is 0 Å². The van der Waals surface area contributed by atoms with Gasteiger partial charge in [0.1, 0.15) is 0 Å². The Kier molecular flexibility index (Phi) is 7.00. The molecule has 0 aromatic carbocycles. The van der Waals surface area contributed by atoms with E-state index in [9.17, 15) is 5.11 Å². The first-order valence-corrected chi connectivity index (χ1v) is 4.33. The van der Waals surface area contributed by atoms with Gasteiger partial charge in [-0.25, -0.2) is 15.8 Å². The molecule has 12 heteroatoms. The van der Waals surface area contributed by atoms with Gasteiger partial charge in [-0.1, -0.05) is 0 Å². The normalized spacial score (nSPS) is 19.3. The summed E-state index contributed by atoms with van der Waals surface area (Å²) in [5.41, 5.74) is 0. The summed E-state index contributed by atoms with van der Waals surface area (Å²) in [6, 6.07) is 0. The van der Waals surface area contributed by atoms with E-state index in [1.54, 1.807) is 0 Å². The molecule has 110 valence electrons. The van der Waals surface area contributed by atoms with E-state index in [0.29, 0.717) is 0 Å². The van der Waals surface area contributed by atoms with Crippen molar-refractivity contribution in [2.45, 2.75) is 24.2 Å². The zero-order valence-corrected chi connectivity index (χ0v) is 8.78. The first kappa shape index (κ1) is 17.5. The van der Waals surface area contributed by atoms with Crippen molar-refractivity contribution in [1.29, 1.82) is 0 Å². The smallest absolute Gasteiger partial charge is 0.371 e. The van der Waals surface area contributed by atoms with Crippen LogP contribution < -0.4 is 0 Å². The molecule has 12 nitrogen and oxygen atoms in total. The summed E-state index contributed by atoms with van der Waals surface area (Å²) in [4.78, 5) is 10.1. The second-order valence-electron chi connectivity index (χ2n) is 3.01. The Morgan fingerprint density at radius 2 is 1.28 bits per heavy atom. The first-order chi connectivity index (χ1) is 8.35. The molecule has 0 aliphatic carbocycles. The minimum Gasteiger partial charge on any atom is -0.393 e. The van der Waals surface area contributed by atoms with Gasteiger partial charge in [0.2, 0.25) is 0 Å². The third kappa shape index (κ3) is 3.51. The second kappa shape index (κ2) is 7.19. The van der Waals surface area contributed by atoms with Gasteiger partial charge in [0.25, 0.3) is 0 Å². The molecule has 0 aliphatic rings. The highest BCUT2D eigenvalue weighted by molar-refractivity contribution is 4.73. The zero-order chi connectivity index (χ0) is 14.4. The Morgan fingerprint density at radius 3 is 1.56 bits per heavy atom. The van der Waals surface area contributed by atoms with Gasteiger partial charge in [-0.2, -0.15) is 14.7 Å². The van der Waals surface area contributed by atoms with Gasteiger partial charge in [0, 0.05) is 0 Å². The zero-order valence-electron chi connectivity index (χ0n) is 8.78. The van der Waals surface area contributed by atoms with E-state index in [1.165, 1.54) is 0 Å². The lowest BCUT2D eigenvalue weighted by Crippen LogP contribution is -2.60. The minimum atomic E-state index is -3.46. The molecule has 8 N–H and O–H groups in total. The molecule has 0 aromatic rings. The van der Waals surface area contributed by atoms with Gasteiger partial charge >= 0.3 is 11.9 Å². The lowest BCUT2D eigenvalue weighted by atomic mass is 10.3. The molecule has 0 radical (unpaired) electrons. The Hall–Kier alpha value is -0.480. The molecule has 0 aliphatic heterocycles. The van der Waals surface area contributed by atoms with E-state index < -0.39 is 37.4 Å². The summed E-state index contributed by atoms with van der Waals surface area (Å²) in [6.07, 6.45) is -4.63. The van der Waals surface area contributed by atoms with Gasteiger partial charge in [0.15, 0.2) is 12.2 Å². The first-order valence-electron chi connectivity index (χ1n) is 4.33. The van der Waals surface area contributed by atoms with Gasteiger partial charge in [-0.15, -0.1) is 0 Å². The van der Waals surface area contributed by atoms with Crippen molar-refractivity contribution < 1.29 is 60.7 Å². The molecule has 0 saturated heterocycles. The largest absolute Gasteiger partial charge is 0.393 e. The Balaban J connectivity index is 5.17. The summed E-state index contributed by atoms with van der Waals surface area (Å²) in [5, 5.41) is 69.8. The Labute approximate surface area is 99.2 Å². The predicted octanol–water partition coefficient (Wildman–Crippen LogP) is -3.52. The second-order valence-corrected chi connectivity index (χ2v) is 3.01. The van der Waals surface area contributed by atoms with Crippen molar-refractivity contribution in [3.8, 4) is 0 Å². The van der Waals surface area contributed by atoms with Crippen LogP contribution in [0.25, 0.3) is 0 Å². The van der Waals surface area contributed by atoms with Gasteiger partial charge in [-0.05, 0) is 0 Å². The molecule has 0 aromatic heterocycles. The van der Waals surface area contributed by atoms with Crippen LogP contribution in [0.1, 0.15) is 0 Å². The van der Waals surface area contributed by atoms with Crippen LogP contribution in [0.2, 0.25) is 0 Å². The van der Waals surface area contributed by atoms with Crippen molar-refractivity contribution in [2.24, 2.45) is 0 Å². The fraction of sp³-hybridized carbons (Fsp3) is 1.00. The number of hydrogen-bond acceptors (Lipinski definition) is 12. The maximum atomic E-state index is 9.35. The highest BCUT2D eigenvalue weighted by atomic mass is 17.3. The molecule has 18 heavy (non-hydrogen) atoms. The molecule has 0 amide bonds. The van der Waals surface area contributed by atoms with E-state index >= 15 is 0 Å². The van der Waals surface area contributed by atoms with Crippen molar-refractivity contribution in [3.63, 3.8) is 0 Å². The summed E-state index contributed by atoms with van der Waals surface area (Å²) >= 11 is 0. The molecule has 0 bridgehead atoms. The average molecular weight is 278 g/mol. The third-order valence-corrected chi connectivity index (χ3v) is 1.85. The number of aliphatic hydroxyl groups excluding tert-OH is 4. The highest BCUT2D eigenvalue weighted by Crippen LogP contribution is 2.27. The molecular formula is C6H14O12. The Morgan fingerprint density at radius 1 is 0.833 bits per heavy atom. The van der Waals surface area contributed by atoms with E-state index in [0.717, 1.165) is 0 Å². The van der Waals surface area contributed by atoms with Crippen molar-refractivity contribution in [3.05, 3.63) is 0 Å². The van der Waals surface area contributed by atoms with Crippen molar-refractivity contribution in [1.82, 2.24) is 0 Å². The monoisotopic (exact) mass is 278 g/mol. The lowest BCUT2D eigenvalue weighted by molar-refractivity contribution is -0.643. The van der Waals surface area contributed by atoms with E-state index in [1.807, 2.05) is 0 Å². The number of rotatable bonds is 9. The molecule has 3 unspecified atom stereocenters. The summed E-state index contributed by atoms with van der Waals surface area (Å²) in [6.45, 7) is -2.42. The van der Waals surface area contributed by atoms with E-state index in [4.69, 9.17) is 36.2 Å². The summed E-state index contributed by atoms with van der Waals surface area (Å²) < 4.78 is 4.10. The number of ether oxygens (including phenoxy) is 1. The highest BCUT2D eigenvalue weighted by Gasteiger charge is 2.54. The standard InChI is InChI=1S/C6H14O12/c7-1-3(9)5(11,16-12)15-6(17-13,18-14)4(10)2-8/h3-4,7-14H,1-2H2. The molecule has 0 fully saturated rings. The maximum Gasteiger partial charge on any atom is 0.371 e. The van der Waals surface area contributed by atoms with E-state index in [-0.39, 0.29) is 0 Å². The predicted molar refractivity (Wildman–Crippen MR) is 46.1 cm³/mol. The van der Waals surface area contributed by atoms with Crippen LogP contribution in [-0.4, -0.2) is 78.7 Å². The summed E-state index contributed by atoms with van der Waals surface area (Å²) in [5.74, 6) is -6.79. The van der Waals surface area contributed by atoms with Gasteiger partial charge in [-0.3, -0.25) is 4.74 Å². The van der Waals surface area contributed by atoms with Crippen LogP contribution in [0, 0.1) is 0 Å². The van der Waals surface area contributed by atoms with Crippen LogP contribution in [0.15, 0.2) is 0 Å². The Bertz CT molecular complexity index is 231. The molecule has 0 spiro atoms. The topological polar surface area (TPSA) is 199 Å².